The summed E-state index contributed by atoms with van der Waals surface area (Å²) in [6.07, 6.45) is 4.42. The largest absolute Gasteiger partial charge is 0.431 e. The molecule has 2 nitrogen and oxygen atoms in total. The third kappa shape index (κ3) is 4.32. The molecule has 0 saturated carbocycles. The molecule has 0 aliphatic rings. The smallest absolute Gasteiger partial charge is 0.335 e. The quantitative estimate of drug-likeness (QED) is 0.453. The number of allylic oxidation sites excluding steroid dienone is 1. The number of hydrogen-bond acceptors (Lipinski definition) is 2. The highest BCUT2D eigenvalue weighted by atomic mass is 35.5. The Morgan fingerprint density at radius 2 is 2.00 bits per heavy atom. The second-order valence-corrected chi connectivity index (χ2v) is 3.89. The highest BCUT2D eigenvalue weighted by Crippen LogP contribution is 2.16. The Morgan fingerprint density at radius 1 is 1.31 bits per heavy atom. The van der Waals surface area contributed by atoms with Gasteiger partial charge in [-0.3, -0.25) is 0 Å². The first-order chi connectivity index (χ1) is 7.59. The van der Waals surface area contributed by atoms with Crippen LogP contribution >= 0.6 is 11.6 Å². The molecular formula is C13H13ClO2. The Bertz CT molecular complexity index is 429. The van der Waals surface area contributed by atoms with E-state index in [1.165, 1.54) is 12.3 Å². The fourth-order valence-electron chi connectivity index (χ4n) is 1.05. The minimum atomic E-state index is -0.386. The van der Waals surface area contributed by atoms with Crippen LogP contribution < -0.4 is 0 Å². The lowest BCUT2D eigenvalue weighted by Crippen LogP contribution is -1.94. The standard InChI is InChI=1S/C13H13ClO2/c1-10(2)9-13(15)16-8-7-11-5-3-4-6-12(11)14/h3-9H,1-2H3/b8-7+. The average Bonchev–Trinajstić information content (AvgIpc) is 2.19. The molecule has 3 heteroatoms. The van der Waals surface area contributed by atoms with E-state index < -0.39 is 0 Å². The van der Waals surface area contributed by atoms with Crippen LogP contribution in [-0.4, -0.2) is 5.97 Å². The molecule has 0 saturated heterocycles. The topological polar surface area (TPSA) is 26.3 Å². The van der Waals surface area contributed by atoms with Crippen molar-refractivity contribution in [2.24, 2.45) is 0 Å². The number of hydrogen-bond donors (Lipinski definition) is 0. The molecule has 0 aromatic heterocycles. The Hall–Kier alpha value is -1.54. The predicted molar refractivity (Wildman–Crippen MR) is 66.0 cm³/mol. The monoisotopic (exact) mass is 236 g/mol. The summed E-state index contributed by atoms with van der Waals surface area (Å²) in [5, 5.41) is 0.622. The molecule has 0 spiro atoms. The van der Waals surface area contributed by atoms with Crippen molar-refractivity contribution in [3.05, 3.63) is 52.8 Å². The number of benzene rings is 1. The zero-order chi connectivity index (χ0) is 12.0. The van der Waals surface area contributed by atoms with Crippen LogP contribution in [0.1, 0.15) is 19.4 Å². The molecule has 0 unspecified atom stereocenters. The molecule has 0 radical (unpaired) electrons. The average molecular weight is 237 g/mol. The molecule has 0 heterocycles. The molecule has 0 aliphatic carbocycles. The van der Waals surface area contributed by atoms with E-state index in [9.17, 15) is 4.79 Å². The molecule has 0 aliphatic heterocycles. The van der Waals surface area contributed by atoms with Crippen molar-refractivity contribution >= 4 is 23.6 Å². The van der Waals surface area contributed by atoms with Gasteiger partial charge < -0.3 is 4.74 Å². The Kier molecular flexibility index (Phi) is 4.80. The van der Waals surface area contributed by atoms with Gasteiger partial charge in [0.2, 0.25) is 0 Å². The molecule has 0 amide bonds. The van der Waals surface area contributed by atoms with Crippen LogP contribution in [0.5, 0.6) is 0 Å². The minimum absolute atomic E-state index is 0.386. The van der Waals surface area contributed by atoms with Gasteiger partial charge in [-0.05, 0) is 31.6 Å². The van der Waals surface area contributed by atoms with Gasteiger partial charge in [-0.1, -0.05) is 35.4 Å². The van der Waals surface area contributed by atoms with E-state index in [2.05, 4.69) is 0 Å². The summed E-state index contributed by atoms with van der Waals surface area (Å²) in [4.78, 5) is 11.1. The molecule has 1 rings (SSSR count). The normalized spacial score (nSPS) is 10.2. The second kappa shape index (κ2) is 6.13. The van der Waals surface area contributed by atoms with Gasteiger partial charge in [0, 0.05) is 11.1 Å². The molecule has 1 aromatic carbocycles. The summed E-state index contributed by atoms with van der Waals surface area (Å²) < 4.78 is 4.86. The number of ether oxygens (including phenoxy) is 1. The minimum Gasteiger partial charge on any atom is -0.431 e. The Morgan fingerprint density at radius 3 is 2.62 bits per heavy atom. The van der Waals surface area contributed by atoms with Gasteiger partial charge >= 0.3 is 5.97 Å². The second-order valence-electron chi connectivity index (χ2n) is 3.48. The van der Waals surface area contributed by atoms with Gasteiger partial charge in [0.1, 0.15) is 0 Å². The molecule has 0 fully saturated rings. The lowest BCUT2D eigenvalue weighted by Gasteiger charge is -1.97. The molecular weight excluding hydrogens is 224 g/mol. The molecule has 84 valence electrons. The predicted octanol–water partition coefficient (Wildman–Crippen LogP) is 3.82. The lowest BCUT2D eigenvalue weighted by molar-refractivity contribution is -0.132. The van der Waals surface area contributed by atoms with Crippen LogP contribution in [-0.2, 0) is 9.53 Å². The van der Waals surface area contributed by atoms with Crippen molar-refractivity contribution < 1.29 is 9.53 Å². The van der Waals surface area contributed by atoms with E-state index in [-0.39, 0.29) is 5.97 Å². The SMILES string of the molecule is CC(C)=CC(=O)O/C=C/c1ccccc1Cl. The lowest BCUT2D eigenvalue weighted by atomic mass is 10.2. The van der Waals surface area contributed by atoms with Crippen molar-refractivity contribution in [3.8, 4) is 0 Å². The third-order valence-electron chi connectivity index (χ3n) is 1.74. The van der Waals surface area contributed by atoms with Crippen molar-refractivity contribution in [3.63, 3.8) is 0 Å². The van der Waals surface area contributed by atoms with Crippen molar-refractivity contribution in [1.82, 2.24) is 0 Å². The summed E-state index contributed by atoms with van der Waals surface area (Å²) in [5.41, 5.74) is 1.71. The Balaban J connectivity index is 2.59. The highest BCUT2D eigenvalue weighted by Gasteiger charge is 1.96. The number of carbonyl (C=O) groups is 1. The van der Waals surface area contributed by atoms with Crippen molar-refractivity contribution in [2.75, 3.05) is 0 Å². The van der Waals surface area contributed by atoms with Crippen LogP contribution in [0.15, 0.2) is 42.2 Å². The molecule has 1 aromatic rings. The zero-order valence-corrected chi connectivity index (χ0v) is 9.99. The molecule has 0 bridgehead atoms. The van der Waals surface area contributed by atoms with Gasteiger partial charge in [0.05, 0.1) is 6.26 Å². The van der Waals surface area contributed by atoms with E-state index in [1.54, 1.807) is 12.1 Å². The number of rotatable bonds is 3. The summed E-state index contributed by atoms with van der Waals surface area (Å²) in [7, 11) is 0. The van der Waals surface area contributed by atoms with Gasteiger partial charge in [0.25, 0.3) is 0 Å². The third-order valence-corrected chi connectivity index (χ3v) is 2.09. The fraction of sp³-hybridized carbons (Fsp3) is 0.154. The van der Waals surface area contributed by atoms with Crippen molar-refractivity contribution in [1.29, 1.82) is 0 Å². The van der Waals surface area contributed by atoms with Crippen LogP contribution in [0.3, 0.4) is 0 Å². The first-order valence-corrected chi connectivity index (χ1v) is 5.24. The summed E-state index contributed by atoms with van der Waals surface area (Å²) >= 11 is 5.92. The molecule has 0 atom stereocenters. The first kappa shape index (κ1) is 12.5. The van der Waals surface area contributed by atoms with Gasteiger partial charge in [-0.2, -0.15) is 0 Å². The summed E-state index contributed by atoms with van der Waals surface area (Å²) in [5.74, 6) is -0.386. The maximum Gasteiger partial charge on any atom is 0.335 e. The van der Waals surface area contributed by atoms with Crippen molar-refractivity contribution in [2.45, 2.75) is 13.8 Å². The van der Waals surface area contributed by atoms with E-state index in [0.717, 1.165) is 11.1 Å². The van der Waals surface area contributed by atoms with E-state index in [0.29, 0.717) is 5.02 Å². The van der Waals surface area contributed by atoms with Crippen LogP contribution in [0.4, 0.5) is 0 Å². The van der Waals surface area contributed by atoms with E-state index in [1.807, 2.05) is 32.0 Å². The first-order valence-electron chi connectivity index (χ1n) is 4.86. The number of halogens is 1. The summed E-state index contributed by atoms with van der Waals surface area (Å²) in [6, 6.07) is 7.32. The Labute approximate surface area is 100 Å². The van der Waals surface area contributed by atoms with Crippen LogP contribution in [0, 0.1) is 0 Å². The van der Waals surface area contributed by atoms with Crippen LogP contribution in [0.25, 0.3) is 6.08 Å². The van der Waals surface area contributed by atoms with E-state index in [4.69, 9.17) is 16.3 Å². The number of esters is 1. The number of carbonyl (C=O) groups excluding carboxylic acids is 1. The van der Waals surface area contributed by atoms with Crippen LogP contribution in [0.2, 0.25) is 5.02 Å². The maximum absolute atomic E-state index is 11.1. The van der Waals surface area contributed by atoms with E-state index >= 15 is 0 Å². The zero-order valence-electron chi connectivity index (χ0n) is 9.24. The maximum atomic E-state index is 11.1. The van der Waals surface area contributed by atoms with Gasteiger partial charge in [-0.15, -0.1) is 0 Å². The van der Waals surface area contributed by atoms with Gasteiger partial charge in [0.15, 0.2) is 0 Å². The molecule has 16 heavy (non-hydrogen) atoms. The summed E-state index contributed by atoms with van der Waals surface area (Å²) in [6.45, 7) is 3.66. The highest BCUT2D eigenvalue weighted by molar-refractivity contribution is 6.32. The fourth-order valence-corrected chi connectivity index (χ4v) is 1.25. The van der Waals surface area contributed by atoms with Gasteiger partial charge in [-0.25, -0.2) is 4.79 Å². The molecule has 0 N–H and O–H groups in total.